The molecule has 1 N–H and O–H groups in total. The number of likely N-dealkylation sites (tertiary alicyclic amines) is 1. The first-order valence-electron chi connectivity index (χ1n) is 9.06. The van der Waals surface area contributed by atoms with Crippen LogP contribution in [0.4, 0.5) is 16.2 Å². The summed E-state index contributed by atoms with van der Waals surface area (Å²) in [5.74, 6) is 0.541. The van der Waals surface area contributed by atoms with E-state index >= 15 is 0 Å². The van der Waals surface area contributed by atoms with Crippen LogP contribution in [0, 0.1) is 5.92 Å². The molecule has 0 bridgehead atoms. The van der Waals surface area contributed by atoms with Crippen LogP contribution in [0.2, 0.25) is 0 Å². The summed E-state index contributed by atoms with van der Waals surface area (Å²) in [4.78, 5) is 27.4. The maximum Gasteiger partial charge on any atom is 0.321 e. The van der Waals surface area contributed by atoms with Gasteiger partial charge < -0.3 is 19.9 Å². The number of anilines is 2. The number of carbonyl (C=O) groups excluding carboxylic acids is 2. The summed E-state index contributed by atoms with van der Waals surface area (Å²) < 4.78 is 5.79. The normalized spacial score (nSPS) is 21.2. The van der Waals surface area contributed by atoms with E-state index in [2.05, 4.69) is 5.32 Å². The van der Waals surface area contributed by atoms with E-state index in [1.54, 1.807) is 11.9 Å². The molecule has 1 atom stereocenters. The molecule has 0 spiro atoms. The Bertz CT molecular complexity index is 620. The van der Waals surface area contributed by atoms with Gasteiger partial charge in [0.2, 0.25) is 5.91 Å². The summed E-state index contributed by atoms with van der Waals surface area (Å²) >= 11 is 0. The van der Waals surface area contributed by atoms with Crippen LogP contribution in [-0.2, 0) is 9.53 Å². The Kier molecular flexibility index (Phi) is 5.58. The Labute approximate surface area is 149 Å². The predicted octanol–water partition coefficient (Wildman–Crippen LogP) is 3.09. The number of carbonyl (C=O) groups is 2. The Hall–Kier alpha value is -2.08. The number of ether oxygens (including phenoxy) is 1. The molecule has 0 aromatic heterocycles. The lowest BCUT2D eigenvalue weighted by molar-refractivity contribution is -0.116. The number of rotatable bonds is 3. The van der Waals surface area contributed by atoms with Crippen LogP contribution >= 0.6 is 0 Å². The number of urea groups is 1. The summed E-state index contributed by atoms with van der Waals surface area (Å²) in [6, 6.07) is 7.28. The van der Waals surface area contributed by atoms with Gasteiger partial charge >= 0.3 is 6.03 Å². The molecule has 0 radical (unpaired) electrons. The van der Waals surface area contributed by atoms with Crippen LogP contribution in [0.25, 0.3) is 0 Å². The number of nitrogens with one attached hydrogen (secondary N) is 1. The van der Waals surface area contributed by atoms with Crippen molar-refractivity contribution in [3.05, 3.63) is 24.3 Å². The Morgan fingerprint density at radius 3 is 2.64 bits per heavy atom. The second kappa shape index (κ2) is 7.87. The van der Waals surface area contributed by atoms with Crippen LogP contribution < -0.4 is 10.2 Å². The summed E-state index contributed by atoms with van der Waals surface area (Å²) in [5.41, 5.74) is 1.47. The van der Waals surface area contributed by atoms with Gasteiger partial charge in [-0.15, -0.1) is 0 Å². The molecule has 3 amide bonds. The van der Waals surface area contributed by atoms with Crippen LogP contribution in [0.15, 0.2) is 24.3 Å². The molecular weight excluding hydrogens is 318 g/mol. The highest BCUT2D eigenvalue weighted by Gasteiger charge is 2.30. The minimum atomic E-state index is -0.0755. The number of amides is 3. The molecule has 0 saturated carbocycles. The fourth-order valence-corrected chi connectivity index (χ4v) is 3.63. The first-order chi connectivity index (χ1) is 12.0. The molecular formula is C19H27N3O3. The van der Waals surface area contributed by atoms with Crippen molar-refractivity contribution < 1.29 is 14.3 Å². The zero-order chi connectivity index (χ0) is 17.8. The molecule has 25 heavy (non-hydrogen) atoms. The molecule has 1 aromatic rings. The molecule has 6 heteroatoms. The predicted molar refractivity (Wildman–Crippen MR) is 97.8 cm³/mol. The van der Waals surface area contributed by atoms with Gasteiger partial charge in [0.1, 0.15) is 0 Å². The lowest BCUT2D eigenvalue weighted by atomic mass is 9.90. The molecule has 2 fully saturated rings. The third kappa shape index (κ3) is 4.31. The zero-order valence-electron chi connectivity index (χ0n) is 15.0. The molecule has 1 aromatic carbocycles. The standard InChI is InChI=1S/C19H27N3O3/c1-14(23)21(2)17-6-3-5-16(13-17)20-19(24)22-10-8-15(9-11-22)18-7-4-12-25-18/h3,5-6,13,15,18H,4,7-12H2,1-2H3,(H,20,24)/t18-/m1/s1. The molecule has 3 rings (SSSR count). The van der Waals surface area contributed by atoms with Crippen molar-refractivity contribution in [3.63, 3.8) is 0 Å². The smallest absolute Gasteiger partial charge is 0.321 e. The van der Waals surface area contributed by atoms with Gasteiger partial charge in [-0.25, -0.2) is 4.79 Å². The quantitative estimate of drug-likeness (QED) is 0.916. The van der Waals surface area contributed by atoms with Crippen molar-refractivity contribution in [2.75, 3.05) is 37.0 Å². The van der Waals surface area contributed by atoms with Crippen LogP contribution in [0.3, 0.4) is 0 Å². The van der Waals surface area contributed by atoms with Crippen LogP contribution in [0.5, 0.6) is 0 Å². The maximum atomic E-state index is 12.5. The van der Waals surface area contributed by atoms with E-state index in [1.807, 2.05) is 29.2 Å². The third-order valence-electron chi connectivity index (χ3n) is 5.27. The van der Waals surface area contributed by atoms with Crippen molar-refractivity contribution in [3.8, 4) is 0 Å². The number of benzene rings is 1. The highest BCUT2D eigenvalue weighted by molar-refractivity contribution is 5.93. The first-order valence-corrected chi connectivity index (χ1v) is 9.06. The maximum absolute atomic E-state index is 12.5. The molecule has 6 nitrogen and oxygen atoms in total. The number of hydrogen-bond donors (Lipinski definition) is 1. The average molecular weight is 345 g/mol. The second-order valence-corrected chi connectivity index (χ2v) is 6.93. The molecule has 0 unspecified atom stereocenters. The van der Waals surface area contributed by atoms with E-state index < -0.39 is 0 Å². The van der Waals surface area contributed by atoms with Crippen molar-refractivity contribution in [2.45, 2.75) is 38.7 Å². The van der Waals surface area contributed by atoms with E-state index in [0.29, 0.717) is 17.7 Å². The Balaban J connectivity index is 1.54. The van der Waals surface area contributed by atoms with Gasteiger partial charge in [0.05, 0.1) is 6.10 Å². The van der Waals surface area contributed by atoms with Gasteiger partial charge in [0.15, 0.2) is 0 Å². The monoisotopic (exact) mass is 345 g/mol. The van der Waals surface area contributed by atoms with Crippen LogP contribution in [0.1, 0.15) is 32.6 Å². The highest BCUT2D eigenvalue weighted by atomic mass is 16.5. The van der Waals surface area contributed by atoms with E-state index in [-0.39, 0.29) is 11.9 Å². The van der Waals surface area contributed by atoms with E-state index in [9.17, 15) is 9.59 Å². The zero-order valence-corrected chi connectivity index (χ0v) is 15.0. The van der Waals surface area contributed by atoms with Gasteiger partial charge in [-0.1, -0.05) is 6.07 Å². The van der Waals surface area contributed by atoms with Gasteiger partial charge in [0.25, 0.3) is 0 Å². The number of piperidine rings is 1. The van der Waals surface area contributed by atoms with Gasteiger partial charge in [-0.3, -0.25) is 4.79 Å². The second-order valence-electron chi connectivity index (χ2n) is 6.93. The summed E-state index contributed by atoms with van der Waals surface area (Å²) in [5, 5.41) is 2.95. The lowest BCUT2D eigenvalue weighted by Gasteiger charge is -2.34. The fourth-order valence-electron chi connectivity index (χ4n) is 3.63. The molecule has 0 aliphatic carbocycles. The molecule has 2 saturated heterocycles. The molecule has 136 valence electrons. The average Bonchev–Trinajstić information content (AvgIpc) is 3.16. The van der Waals surface area contributed by atoms with Crippen molar-refractivity contribution in [1.29, 1.82) is 0 Å². The third-order valence-corrected chi connectivity index (χ3v) is 5.27. The van der Waals surface area contributed by atoms with Crippen molar-refractivity contribution in [1.82, 2.24) is 4.90 Å². The summed E-state index contributed by atoms with van der Waals surface area (Å²) in [7, 11) is 1.72. The van der Waals surface area contributed by atoms with E-state index in [1.165, 1.54) is 6.92 Å². The minimum Gasteiger partial charge on any atom is -0.378 e. The molecule has 2 aliphatic heterocycles. The lowest BCUT2D eigenvalue weighted by Crippen LogP contribution is -2.43. The van der Waals surface area contributed by atoms with E-state index in [0.717, 1.165) is 51.1 Å². The molecule has 2 aliphatic rings. The topological polar surface area (TPSA) is 61.9 Å². The van der Waals surface area contributed by atoms with Crippen molar-refractivity contribution >= 4 is 23.3 Å². The SMILES string of the molecule is CC(=O)N(C)c1cccc(NC(=O)N2CCC([C@H]3CCCO3)CC2)c1. The van der Waals surface area contributed by atoms with Crippen molar-refractivity contribution in [2.24, 2.45) is 5.92 Å². The Morgan fingerprint density at radius 2 is 2.00 bits per heavy atom. The van der Waals surface area contributed by atoms with Crippen LogP contribution in [-0.4, -0.2) is 49.7 Å². The largest absolute Gasteiger partial charge is 0.378 e. The van der Waals surface area contributed by atoms with Gasteiger partial charge in [0, 0.05) is 45.0 Å². The highest BCUT2D eigenvalue weighted by Crippen LogP contribution is 2.29. The summed E-state index contributed by atoms with van der Waals surface area (Å²) in [6.45, 7) is 3.94. The minimum absolute atomic E-state index is 0.0420. The number of nitrogens with zero attached hydrogens (tertiary/aromatic N) is 2. The first kappa shape index (κ1) is 17.7. The number of hydrogen-bond acceptors (Lipinski definition) is 3. The molecule has 2 heterocycles. The Morgan fingerprint density at radius 1 is 1.24 bits per heavy atom. The fraction of sp³-hybridized carbons (Fsp3) is 0.579. The van der Waals surface area contributed by atoms with E-state index in [4.69, 9.17) is 4.74 Å². The van der Waals surface area contributed by atoms with Gasteiger partial charge in [-0.05, 0) is 49.8 Å². The summed E-state index contributed by atoms with van der Waals surface area (Å²) in [6.07, 6.45) is 4.73. The van der Waals surface area contributed by atoms with Gasteiger partial charge in [-0.2, -0.15) is 0 Å².